The second-order valence-corrected chi connectivity index (χ2v) is 5.99. The van der Waals surface area contributed by atoms with Gasteiger partial charge in [-0.3, -0.25) is 4.79 Å². The highest BCUT2D eigenvalue weighted by atomic mass is 16.5. The van der Waals surface area contributed by atoms with E-state index in [0.29, 0.717) is 5.92 Å². The van der Waals surface area contributed by atoms with E-state index < -0.39 is 5.54 Å². The molecule has 0 aromatic carbocycles. The molecule has 0 spiro atoms. The van der Waals surface area contributed by atoms with Crippen molar-refractivity contribution in [1.29, 1.82) is 0 Å². The molecule has 2 N–H and O–H groups in total. The predicted octanol–water partition coefficient (Wildman–Crippen LogP) is 1.85. The Morgan fingerprint density at radius 2 is 1.93 bits per heavy atom. The van der Waals surface area contributed by atoms with Gasteiger partial charge in [0.15, 0.2) is 0 Å². The molecule has 0 aliphatic heterocycles. The molecule has 0 bridgehead atoms. The van der Waals surface area contributed by atoms with Crippen LogP contribution in [0.2, 0.25) is 0 Å². The first-order chi connectivity index (χ1) is 6.85. The molecule has 3 heteroatoms. The van der Waals surface area contributed by atoms with Crippen LogP contribution in [0.25, 0.3) is 0 Å². The average Bonchev–Trinajstić information content (AvgIpc) is 2.84. The minimum absolute atomic E-state index is 0.0472. The lowest BCUT2D eigenvalue weighted by atomic mass is 9.87. The van der Waals surface area contributed by atoms with Gasteiger partial charge in [-0.25, -0.2) is 0 Å². The first-order valence-electron chi connectivity index (χ1n) is 5.85. The molecule has 0 amide bonds. The lowest BCUT2D eigenvalue weighted by Gasteiger charge is -2.30. The number of rotatable bonds is 2. The monoisotopic (exact) mass is 211 g/mol. The summed E-state index contributed by atoms with van der Waals surface area (Å²) in [6.45, 7) is 6.50. The molecule has 2 aliphatic rings. The number of carbonyl (C=O) groups is 1. The highest BCUT2D eigenvalue weighted by Crippen LogP contribution is 2.44. The zero-order valence-corrected chi connectivity index (χ0v) is 9.88. The van der Waals surface area contributed by atoms with Crippen LogP contribution in [-0.2, 0) is 9.53 Å². The third kappa shape index (κ3) is 1.89. The van der Waals surface area contributed by atoms with Gasteiger partial charge in [-0.2, -0.15) is 0 Å². The minimum Gasteiger partial charge on any atom is -0.460 e. The van der Waals surface area contributed by atoms with Crippen LogP contribution in [0, 0.1) is 11.3 Å². The highest BCUT2D eigenvalue weighted by Gasteiger charge is 2.51. The Morgan fingerprint density at radius 1 is 1.33 bits per heavy atom. The highest BCUT2D eigenvalue weighted by molar-refractivity contribution is 5.84. The zero-order chi connectivity index (χ0) is 11.3. The molecule has 2 aliphatic carbocycles. The van der Waals surface area contributed by atoms with Crippen LogP contribution in [-0.4, -0.2) is 17.6 Å². The molecule has 2 atom stereocenters. The number of nitrogens with two attached hydrogens (primary N) is 1. The molecule has 0 heterocycles. The number of esters is 1. The molecule has 86 valence electrons. The van der Waals surface area contributed by atoms with Gasteiger partial charge in [0.05, 0.1) is 0 Å². The number of hydrogen-bond donors (Lipinski definition) is 1. The van der Waals surface area contributed by atoms with Gasteiger partial charge in [0.25, 0.3) is 0 Å². The fourth-order valence-corrected chi connectivity index (χ4v) is 2.51. The average molecular weight is 211 g/mol. The maximum absolute atomic E-state index is 11.8. The third-order valence-corrected chi connectivity index (χ3v) is 3.96. The molecule has 0 aromatic heterocycles. The first kappa shape index (κ1) is 10.9. The smallest absolute Gasteiger partial charge is 0.326 e. The molecule has 0 aromatic rings. The Bertz CT molecular complexity index is 281. The SMILES string of the molecule is CC1CCC(C)(C)C1OC(=O)C1(N)CC1. The Hall–Kier alpha value is -0.570. The Morgan fingerprint density at radius 3 is 2.33 bits per heavy atom. The topological polar surface area (TPSA) is 52.3 Å². The fraction of sp³-hybridized carbons (Fsp3) is 0.917. The van der Waals surface area contributed by atoms with Crippen molar-refractivity contribution in [2.75, 3.05) is 0 Å². The Labute approximate surface area is 91.4 Å². The molecule has 0 radical (unpaired) electrons. The maximum Gasteiger partial charge on any atom is 0.326 e. The zero-order valence-electron chi connectivity index (χ0n) is 9.88. The standard InChI is InChI=1S/C12H21NO2/c1-8-4-5-11(2,3)9(8)15-10(14)12(13)6-7-12/h8-9H,4-7,13H2,1-3H3. The van der Waals surface area contributed by atoms with E-state index in [2.05, 4.69) is 20.8 Å². The van der Waals surface area contributed by atoms with Gasteiger partial charge in [0.2, 0.25) is 0 Å². The van der Waals surface area contributed by atoms with E-state index >= 15 is 0 Å². The van der Waals surface area contributed by atoms with Crippen molar-refractivity contribution in [3.63, 3.8) is 0 Å². The minimum atomic E-state index is -0.640. The van der Waals surface area contributed by atoms with Crippen molar-refractivity contribution in [2.24, 2.45) is 17.1 Å². The van der Waals surface area contributed by atoms with Crippen LogP contribution in [0.4, 0.5) is 0 Å². The van der Waals surface area contributed by atoms with Crippen molar-refractivity contribution in [2.45, 2.75) is 58.1 Å². The number of hydrogen-bond acceptors (Lipinski definition) is 3. The quantitative estimate of drug-likeness (QED) is 0.709. The lowest BCUT2D eigenvalue weighted by molar-refractivity contribution is -0.158. The molecule has 2 saturated carbocycles. The van der Waals surface area contributed by atoms with Crippen molar-refractivity contribution in [3.05, 3.63) is 0 Å². The van der Waals surface area contributed by atoms with Crippen LogP contribution < -0.4 is 5.73 Å². The third-order valence-electron chi connectivity index (χ3n) is 3.96. The summed E-state index contributed by atoms with van der Waals surface area (Å²) in [7, 11) is 0. The molecule has 3 nitrogen and oxygen atoms in total. The summed E-state index contributed by atoms with van der Waals surface area (Å²) in [4.78, 5) is 11.8. The summed E-state index contributed by atoms with van der Waals surface area (Å²) in [6, 6.07) is 0. The van der Waals surface area contributed by atoms with Crippen molar-refractivity contribution in [1.82, 2.24) is 0 Å². The van der Waals surface area contributed by atoms with E-state index in [1.807, 2.05) is 0 Å². The van der Waals surface area contributed by atoms with Crippen LogP contribution in [0.3, 0.4) is 0 Å². The summed E-state index contributed by atoms with van der Waals surface area (Å²) >= 11 is 0. The summed E-state index contributed by atoms with van der Waals surface area (Å²) in [6.07, 6.45) is 3.89. The van der Waals surface area contributed by atoms with Gasteiger partial charge in [-0.05, 0) is 31.6 Å². The van der Waals surface area contributed by atoms with Gasteiger partial charge < -0.3 is 10.5 Å². The van der Waals surface area contributed by atoms with Crippen LogP contribution in [0.5, 0.6) is 0 Å². The largest absolute Gasteiger partial charge is 0.460 e. The lowest BCUT2D eigenvalue weighted by Crippen LogP contribution is -2.41. The van der Waals surface area contributed by atoms with E-state index in [-0.39, 0.29) is 17.5 Å². The Kier molecular flexibility index (Phi) is 2.34. The van der Waals surface area contributed by atoms with E-state index in [4.69, 9.17) is 10.5 Å². The van der Waals surface area contributed by atoms with Gasteiger partial charge in [-0.1, -0.05) is 20.8 Å². The fourth-order valence-electron chi connectivity index (χ4n) is 2.51. The molecule has 2 rings (SSSR count). The van der Waals surface area contributed by atoms with Crippen LogP contribution >= 0.6 is 0 Å². The number of carbonyl (C=O) groups excluding carboxylic acids is 1. The second-order valence-electron chi connectivity index (χ2n) is 5.99. The summed E-state index contributed by atoms with van der Waals surface area (Å²) in [5.41, 5.74) is 5.30. The van der Waals surface area contributed by atoms with E-state index in [9.17, 15) is 4.79 Å². The van der Waals surface area contributed by atoms with E-state index in [0.717, 1.165) is 25.7 Å². The normalized spacial score (nSPS) is 36.3. The van der Waals surface area contributed by atoms with E-state index in [1.54, 1.807) is 0 Å². The van der Waals surface area contributed by atoms with Gasteiger partial charge >= 0.3 is 5.97 Å². The molecular formula is C12H21NO2. The van der Waals surface area contributed by atoms with Crippen molar-refractivity contribution < 1.29 is 9.53 Å². The first-order valence-corrected chi connectivity index (χ1v) is 5.85. The number of ether oxygens (including phenoxy) is 1. The van der Waals surface area contributed by atoms with Crippen molar-refractivity contribution in [3.8, 4) is 0 Å². The molecule has 2 unspecified atom stereocenters. The molecule has 15 heavy (non-hydrogen) atoms. The van der Waals surface area contributed by atoms with Crippen LogP contribution in [0.1, 0.15) is 46.5 Å². The molecule has 2 fully saturated rings. The second kappa shape index (κ2) is 3.21. The summed E-state index contributed by atoms with van der Waals surface area (Å²) < 4.78 is 5.60. The van der Waals surface area contributed by atoms with Crippen LogP contribution in [0.15, 0.2) is 0 Å². The van der Waals surface area contributed by atoms with Gasteiger partial charge in [-0.15, -0.1) is 0 Å². The predicted molar refractivity (Wildman–Crippen MR) is 58.2 cm³/mol. The van der Waals surface area contributed by atoms with Crippen molar-refractivity contribution >= 4 is 5.97 Å². The van der Waals surface area contributed by atoms with Gasteiger partial charge in [0.1, 0.15) is 11.6 Å². The van der Waals surface area contributed by atoms with Gasteiger partial charge in [0, 0.05) is 5.41 Å². The summed E-state index contributed by atoms with van der Waals surface area (Å²) in [5.74, 6) is 0.278. The summed E-state index contributed by atoms with van der Waals surface area (Å²) in [5, 5.41) is 0. The molecular weight excluding hydrogens is 190 g/mol. The Balaban J connectivity index is 2.01. The molecule has 0 saturated heterocycles. The van der Waals surface area contributed by atoms with E-state index in [1.165, 1.54) is 0 Å². The maximum atomic E-state index is 11.8.